The monoisotopic (exact) mass is 249 g/mol. The maximum Gasteiger partial charge on any atom is 0.0939 e. The minimum Gasteiger partial charge on any atom is -0.327 e. The Morgan fingerprint density at radius 3 is 3.00 bits per heavy atom. The first-order valence-corrected chi connectivity index (χ1v) is 6.88. The van der Waals surface area contributed by atoms with Crippen LogP contribution in [-0.4, -0.2) is 24.1 Å². The summed E-state index contributed by atoms with van der Waals surface area (Å²) in [5.41, 5.74) is 6.79. The number of aryl methyl sites for hydroxylation is 1. The van der Waals surface area contributed by atoms with Gasteiger partial charge < -0.3 is 11.1 Å². The van der Waals surface area contributed by atoms with Crippen LogP contribution in [0, 0.1) is 0 Å². The number of thiazole rings is 1. The Balaban J connectivity index is 1.79. The quantitative estimate of drug-likeness (QED) is 0.771. The molecule has 0 aliphatic heterocycles. The summed E-state index contributed by atoms with van der Waals surface area (Å²) in [6.07, 6.45) is 2.16. The molecule has 0 aliphatic carbocycles. The molecule has 0 aliphatic rings. The summed E-state index contributed by atoms with van der Waals surface area (Å²) in [7, 11) is 0. The Labute approximate surface area is 106 Å². The zero-order valence-electron chi connectivity index (χ0n) is 10.1. The van der Waals surface area contributed by atoms with Crippen molar-refractivity contribution in [1.82, 2.24) is 10.3 Å². The van der Waals surface area contributed by atoms with Crippen molar-refractivity contribution in [3.63, 3.8) is 0 Å². The SMILES string of the molecule is CC(N)CNCCCc1nc2ccccc2s1. The molecule has 2 aromatic rings. The average molecular weight is 249 g/mol. The molecule has 3 nitrogen and oxygen atoms in total. The van der Waals surface area contributed by atoms with Crippen LogP contribution >= 0.6 is 11.3 Å². The number of para-hydroxylation sites is 1. The molecule has 2 rings (SSSR count). The number of nitrogens with two attached hydrogens (primary N) is 1. The van der Waals surface area contributed by atoms with Crippen molar-refractivity contribution in [3.05, 3.63) is 29.3 Å². The van der Waals surface area contributed by atoms with Crippen LogP contribution in [0.2, 0.25) is 0 Å². The summed E-state index contributed by atoms with van der Waals surface area (Å²) in [6.45, 7) is 3.91. The lowest BCUT2D eigenvalue weighted by atomic mass is 10.3. The summed E-state index contributed by atoms with van der Waals surface area (Å²) < 4.78 is 1.28. The second kappa shape index (κ2) is 6.10. The van der Waals surface area contributed by atoms with E-state index >= 15 is 0 Å². The lowest BCUT2D eigenvalue weighted by Gasteiger charge is -2.06. The number of fused-ring (bicyclic) bond motifs is 1. The van der Waals surface area contributed by atoms with E-state index in [9.17, 15) is 0 Å². The number of hydrogen-bond acceptors (Lipinski definition) is 4. The van der Waals surface area contributed by atoms with E-state index in [2.05, 4.69) is 28.5 Å². The van der Waals surface area contributed by atoms with E-state index < -0.39 is 0 Å². The standard InChI is InChI=1S/C13H19N3S/c1-10(14)9-15-8-4-7-13-16-11-5-2-3-6-12(11)17-13/h2-3,5-6,10,15H,4,7-9,14H2,1H3. The van der Waals surface area contributed by atoms with Gasteiger partial charge in [-0.15, -0.1) is 11.3 Å². The highest BCUT2D eigenvalue weighted by atomic mass is 32.1. The van der Waals surface area contributed by atoms with Gasteiger partial charge in [0.1, 0.15) is 0 Å². The smallest absolute Gasteiger partial charge is 0.0939 e. The van der Waals surface area contributed by atoms with Crippen molar-refractivity contribution in [1.29, 1.82) is 0 Å². The van der Waals surface area contributed by atoms with Crippen LogP contribution in [0.1, 0.15) is 18.4 Å². The first-order valence-electron chi connectivity index (χ1n) is 6.06. The molecule has 1 aromatic carbocycles. The van der Waals surface area contributed by atoms with E-state index in [1.807, 2.05) is 13.0 Å². The van der Waals surface area contributed by atoms with E-state index in [-0.39, 0.29) is 6.04 Å². The molecular weight excluding hydrogens is 230 g/mol. The maximum absolute atomic E-state index is 5.66. The van der Waals surface area contributed by atoms with Crippen LogP contribution in [0.5, 0.6) is 0 Å². The van der Waals surface area contributed by atoms with Crippen LogP contribution in [0.3, 0.4) is 0 Å². The molecule has 1 unspecified atom stereocenters. The van der Waals surface area contributed by atoms with Crippen LogP contribution < -0.4 is 11.1 Å². The van der Waals surface area contributed by atoms with Gasteiger partial charge in [-0.1, -0.05) is 12.1 Å². The number of aromatic nitrogens is 1. The molecule has 92 valence electrons. The van der Waals surface area contributed by atoms with Gasteiger partial charge in [0.25, 0.3) is 0 Å². The van der Waals surface area contributed by atoms with Crippen LogP contribution in [0.4, 0.5) is 0 Å². The summed E-state index contributed by atoms with van der Waals surface area (Å²) >= 11 is 1.80. The van der Waals surface area contributed by atoms with Gasteiger partial charge in [-0.3, -0.25) is 0 Å². The number of benzene rings is 1. The summed E-state index contributed by atoms with van der Waals surface area (Å²) in [4.78, 5) is 4.61. The fourth-order valence-electron chi connectivity index (χ4n) is 1.72. The zero-order chi connectivity index (χ0) is 12.1. The lowest BCUT2D eigenvalue weighted by Crippen LogP contribution is -2.31. The van der Waals surface area contributed by atoms with Crippen molar-refractivity contribution in [2.75, 3.05) is 13.1 Å². The molecule has 0 bridgehead atoms. The molecule has 1 atom stereocenters. The van der Waals surface area contributed by atoms with Crippen molar-refractivity contribution in [3.8, 4) is 0 Å². The van der Waals surface area contributed by atoms with E-state index in [1.54, 1.807) is 11.3 Å². The molecule has 0 radical (unpaired) electrons. The van der Waals surface area contributed by atoms with Gasteiger partial charge in [0.2, 0.25) is 0 Å². The average Bonchev–Trinajstić information content (AvgIpc) is 2.70. The second-order valence-electron chi connectivity index (χ2n) is 4.36. The third kappa shape index (κ3) is 3.77. The molecule has 0 saturated heterocycles. The molecule has 0 fully saturated rings. The van der Waals surface area contributed by atoms with Gasteiger partial charge in [-0.05, 0) is 32.0 Å². The fraction of sp³-hybridized carbons (Fsp3) is 0.462. The number of hydrogen-bond donors (Lipinski definition) is 2. The molecule has 17 heavy (non-hydrogen) atoms. The topological polar surface area (TPSA) is 50.9 Å². The van der Waals surface area contributed by atoms with Gasteiger partial charge in [0, 0.05) is 19.0 Å². The normalized spacial score (nSPS) is 13.1. The lowest BCUT2D eigenvalue weighted by molar-refractivity contribution is 0.590. The van der Waals surface area contributed by atoms with Crippen LogP contribution in [0.25, 0.3) is 10.2 Å². The minimum absolute atomic E-state index is 0.234. The predicted molar refractivity (Wildman–Crippen MR) is 74.5 cm³/mol. The van der Waals surface area contributed by atoms with Crippen molar-refractivity contribution in [2.45, 2.75) is 25.8 Å². The van der Waals surface area contributed by atoms with Gasteiger partial charge in [0.15, 0.2) is 0 Å². The van der Waals surface area contributed by atoms with Crippen LogP contribution in [0.15, 0.2) is 24.3 Å². The molecule has 3 N–H and O–H groups in total. The van der Waals surface area contributed by atoms with E-state index in [0.717, 1.165) is 31.4 Å². The first kappa shape index (κ1) is 12.5. The maximum atomic E-state index is 5.66. The van der Waals surface area contributed by atoms with Gasteiger partial charge in [-0.25, -0.2) is 4.98 Å². The molecule has 1 heterocycles. The third-order valence-corrected chi connectivity index (χ3v) is 3.64. The Morgan fingerprint density at radius 1 is 1.41 bits per heavy atom. The van der Waals surface area contributed by atoms with Gasteiger partial charge in [-0.2, -0.15) is 0 Å². The van der Waals surface area contributed by atoms with E-state index in [1.165, 1.54) is 9.71 Å². The Bertz CT molecular complexity index is 431. The summed E-state index contributed by atoms with van der Waals surface area (Å²) in [5, 5.41) is 4.57. The predicted octanol–water partition coefficient (Wildman–Crippen LogP) is 2.17. The Hall–Kier alpha value is -0.970. The highest BCUT2D eigenvalue weighted by Crippen LogP contribution is 2.22. The van der Waals surface area contributed by atoms with Gasteiger partial charge >= 0.3 is 0 Å². The van der Waals surface area contributed by atoms with E-state index in [4.69, 9.17) is 5.73 Å². The highest BCUT2D eigenvalue weighted by Gasteiger charge is 2.02. The van der Waals surface area contributed by atoms with E-state index in [0.29, 0.717) is 0 Å². The van der Waals surface area contributed by atoms with Crippen molar-refractivity contribution in [2.24, 2.45) is 5.73 Å². The molecule has 1 aromatic heterocycles. The third-order valence-electron chi connectivity index (χ3n) is 2.55. The first-order chi connectivity index (χ1) is 8.25. The largest absolute Gasteiger partial charge is 0.327 e. The van der Waals surface area contributed by atoms with Crippen LogP contribution in [-0.2, 0) is 6.42 Å². The summed E-state index contributed by atoms with van der Waals surface area (Å²) in [5.74, 6) is 0. The molecule has 0 amide bonds. The van der Waals surface area contributed by atoms with Gasteiger partial charge in [0.05, 0.1) is 15.2 Å². The number of rotatable bonds is 6. The number of nitrogens with one attached hydrogen (secondary N) is 1. The fourth-order valence-corrected chi connectivity index (χ4v) is 2.73. The molecule has 0 spiro atoms. The Kier molecular flexibility index (Phi) is 4.48. The Morgan fingerprint density at radius 2 is 2.24 bits per heavy atom. The number of nitrogens with zero attached hydrogens (tertiary/aromatic N) is 1. The highest BCUT2D eigenvalue weighted by molar-refractivity contribution is 7.18. The molecule has 0 saturated carbocycles. The molecular formula is C13H19N3S. The van der Waals surface area contributed by atoms with Crippen molar-refractivity contribution >= 4 is 21.6 Å². The summed E-state index contributed by atoms with van der Waals surface area (Å²) in [6, 6.07) is 8.54. The second-order valence-corrected chi connectivity index (χ2v) is 5.48. The molecule has 4 heteroatoms. The minimum atomic E-state index is 0.234. The zero-order valence-corrected chi connectivity index (χ0v) is 11.0. The van der Waals surface area contributed by atoms with Crippen molar-refractivity contribution < 1.29 is 0 Å².